The zero-order valence-electron chi connectivity index (χ0n) is 27.0. The summed E-state index contributed by atoms with van der Waals surface area (Å²) in [6, 6.07) is 44.9. The molecule has 8 heteroatoms. The SMILES string of the molecule is O=C(O)c1cccc(C2(O)O[C@H](COCc3ccccc3)[C@@H](OCc3ccccc3)[C@H](OCc3ccccc3)[C@H]2OCc2ccccc2)c1. The lowest BCUT2D eigenvalue weighted by Gasteiger charge is -2.50. The van der Waals surface area contributed by atoms with Crippen molar-refractivity contribution in [3.63, 3.8) is 0 Å². The maximum absolute atomic E-state index is 12.7. The van der Waals surface area contributed by atoms with Crippen molar-refractivity contribution < 1.29 is 38.7 Å². The first-order chi connectivity index (χ1) is 24.0. The van der Waals surface area contributed by atoms with Crippen molar-refractivity contribution in [2.24, 2.45) is 0 Å². The second-order valence-corrected chi connectivity index (χ2v) is 12.0. The highest BCUT2D eigenvalue weighted by atomic mass is 16.7. The van der Waals surface area contributed by atoms with Crippen LogP contribution in [-0.2, 0) is 55.9 Å². The van der Waals surface area contributed by atoms with Crippen LogP contribution >= 0.6 is 0 Å². The molecule has 5 atom stereocenters. The van der Waals surface area contributed by atoms with Gasteiger partial charge in [0, 0.05) is 5.56 Å². The van der Waals surface area contributed by atoms with Crippen LogP contribution in [-0.4, -0.2) is 47.2 Å². The Kier molecular flexibility index (Phi) is 11.6. The van der Waals surface area contributed by atoms with Crippen molar-refractivity contribution in [3.05, 3.63) is 179 Å². The average molecular weight is 661 g/mol. The quantitative estimate of drug-likeness (QED) is 0.125. The van der Waals surface area contributed by atoms with Gasteiger partial charge >= 0.3 is 5.97 Å². The Hall–Kier alpha value is -4.67. The van der Waals surface area contributed by atoms with Gasteiger partial charge in [-0.1, -0.05) is 133 Å². The first-order valence-corrected chi connectivity index (χ1v) is 16.3. The molecule has 2 N–H and O–H groups in total. The third kappa shape index (κ3) is 8.87. The molecule has 1 aliphatic heterocycles. The Labute approximate surface area is 286 Å². The van der Waals surface area contributed by atoms with Gasteiger partial charge in [-0.25, -0.2) is 4.79 Å². The molecule has 0 aromatic heterocycles. The normalized spacial score (nSPS) is 22.1. The number of rotatable bonds is 15. The van der Waals surface area contributed by atoms with E-state index in [4.69, 9.17) is 23.7 Å². The zero-order valence-corrected chi connectivity index (χ0v) is 27.0. The molecular weight excluding hydrogens is 620 g/mol. The number of hydrogen-bond donors (Lipinski definition) is 2. The number of benzene rings is 5. The monoisotopic (exact) mass is 660 g/mol. The van der Waals surface area contributed by atoms with Gasteiger partial charge in [0.1, 0.15) is 24.4 Å². The van der Waals surface area contributed by atoms with Crippen LogP contribution in [0.3, 0.4) is 0 Å². The van der Waals surface area contributed by atoms with Gasteiger partial charge in [-0.3, -0.25) is 0 Å². The van der Waals surface area contributed by atoms with Gasteiger partial charge in [-0.05, 0) is 34.4 Å². The van der Waals surface area contributed by atoms with Gasteiger partial charge in [0.25, 0.3) is 0 Å². The van der Waals surface area contributed by atoms with Crippen molar-refractivity contribution in [3.8, 4) is 0 Å². The van der Waals surface area contributed by atoms with Crippen LogP contribution in [0.2, 0.25) is 0 Å². The lowest BCUT2D eigenvalue weighted by atomic mass is 9.86. The maximum Gasteiger partial charge on any atom is 0.335 e. The minimum absolute atomic E-state index is 0.00239. The minimum Gasteiger partial charge on any atom is -0.478 e. The molecule has 5 aromatic carbocycles. The number of carboxylic acid groups (broad SMARTS) is 1. The van der Waals surface area contributed by atoms with E-state index in [0.29, 0.717) is 6.61 Å². The van der Waals surface area contributed by atoms with Crippen LogP contribution < -0.4 is 0 Å². The van der Waals surface area contributed by atoms with Crippen molar-refractivity contribution in [2.75, 3.05) is 6.61 Å². The fraction of sp³-hybridized carbons (Fsp3) is 0.244. The van der Waals surface area contributed by atoms with Crippen molar-refractivity contribution in [2.45, 2.75) is 56.6 Å². The first-order valence-electron chi connectivity index (χ1n) is 16.3. The molecule has 0 amide bonds. The molecule has 8 nitrogen and oxygen atoms in total. The molecule has 0 aliphatic carbocycles. The van der Waals surface area contributed by atoms with Gasteiger partial charge in [-0.15, -0.1) is 0 Å². The molecular formula is C41H40O8. The smallest absolute Gasteiger partial charge is 0.335 e. The third-order valence-corrected chi connectivity index (χ3v) is 8.47. The van der Waals surface area contributed by atoms with E-state index in [2.05, 4.69) is 0 Å². The Bertz CT molecular complexity index is 1740. The van der Waals surface area contributed by atoms with Crippen molar-refractivity contribution in [1.29, 1.82) is 0 Å². The Balaban J connectivity index is 1.40. The summed E-state index contributed by atoms with van der Waals surface area (Å²) < 4.78 is 32.7. The van der Waals surface area contributed by atoms with Gasteiger partial charge in [0.2, 0.25) is 5.79 Å². The molecule has 0 saturated carbocycles. The molecule has 1 fully saturated rings. The highest BCUT2D eigenvalue weighted by Gasteiger charge is 2.57. The molecule has 0 radical (unpaired) electrons. The van der Waals surface area contributed by atoms with Crippen molar-refractivity contribution in [1.82, 2.24) is 0 Å². The van der Waals surface area contributed by atoms with Crippen LogP contribution in [0.4, 0.5) is 0 Å². The highest BCUT2D eigenvalue weighted by molar-refractivity contribution is 5.87. The van der Waals surface area contributed by atoms with E-state index in [1.54, 1.807) is 12.1 Å². The molecule has 1 aliphatic rings. The maximum atomic E-state index is 12.7. The van der Waals surface area contributed by atoms with E-state index < -0.39 is 36.2 Å². The van der Waals surface area contributed by atoms with Gasteiger partial charge < -0.3 is 33.9 Å². The van der Waals surface area contributed by atoms with Crippen LogP contribution in [0.5, 0.6) is 0 Å². The third-order valence-electron chi connectivity index (χ3n) is 8.47. The summed E-state index contributed by atoms with van der Waals surface area (Å²) in [5, 5.41) is 22.6. The topological polar surface area (TPSA) is 104 Å². The second kappa shape index (κ2) is 16.6. The molecule has 5 aromatic rings. The molecule has 1 saturated heterocycles. The predicted molar refractivity (Wildman–Crippen MR) is 183 cm³/mol. The summed E-state index contributed by atoms with van der Waals surface area (Å²) in [5.74, 6) is -3.28. The van der Waals surface area contributed by atoms with Gasteiger partial charge in [0.15, 0.2) is 0 Å². The first kappa shape index (κ1) is 34.2. The fourth-order valence-corrected chi connectivity index (χ4v) is 5.96. The average Bonchev–Trinajstić information content (AvgIpc) is 3.15. The highest BCUT2D eigenvalue weighted by Crippen LogP contribution is 2.42. The number of hydrogen-bond acceptors (Lipinski definition) is 7. The molecule has 1 heterocycles. The molecule has 252 valence electrons. The van der Waals surface area contributed by atoms with Crippen LogP contribution in [0, 0.1) is 0 Å². The lowest BCUT2D eigenvalue weighted by Crippen LogP contribution is -2.65. The number of carbonyl (C=O) groups is 1. The number of aromatic carboxylic acids is 1. The molecule has 49 heavy (non-hydrogen) atoms. The number of aliphatic hydroxyl groups is 1. The van der Waals surface area contributed by atoms with E-state index in [1.165, 1.54) is 12.1 Å². The van der Waals surface area contributed by atoms with Crippen LogP contribution in [0.1, 0.15) is 38.2 Å². The fourth-order valence-electron chi connectivity index (χ4n) is 5.96. The summed E-state index contributed by atoms with van der Waals surface area (Å²) in [6.07, 6.45) is -3.64. The van der Waals surface area contributed by atoms with Crippen molar-refractivity contribution >= 4 is 5.97 Å². The molecule has 6 rings (SSSR count). The summed E-state index contributed by atoms with van der Waals surface area (Å²) >= 11 is 0. The van der Waals surface area contributed by atoms with Crippen LogP contribution in [0.15, 0.2) is 146 Å². The summed E-state index contributed by atoms with van der Waals surface area (Å²) in [5.41, 5.74) is 3.94. The zero-order chi connectivity index (χ0) is 33.9. The van der Waals surface area contributed by atoms with E-state index in [1.807, 2.05) is 121 Å². The molecule has 0 spiro atoms. The second-order valence-electron chi connectivity index (χ2n) is 12.0. The van der Waals surface area contributed by atoms with Gasteiger partial charge in [-0.2, -0.15) is 0 Å². The summed E-state index contributed by atoms with van der Waals surface area (Å²) in [6.45, 7) is 0.925. The summed E-state index contributed by atoms with van der Waals surface area (Å²) in [7, 11) is 0. The standard InChI is InChI=1S/C41H40O8/c42-40(43)34-22-13-23-35(24-34)41(44)39(48-28-33-20-11-4-12-21-33)38(47-27-32-18-9-3-10-19-32)37(46-26-31-16-7-2-8-17-31)36(49-41)29-45-25-30-14-5-1-6-15-30/h1-24,36-39,44H,25-29H2,(H,42,43)/t36-,37-,38+,39-,41?/m1/s1. The van der Waals surface area contributed by atoms with Gasteiger partial charge in [0.05, 0.1) is 38.6 Å². The number of carboxylic acids is 1. The minimum atomic E-state index is -2.14. The Morgan fingerprint density at radius 1 is 0.592 bits per heavy atom. The molecule has 0 bridgehead atoms. The lowest BCUT2D eigenvalue weighted by molar-refractivity contribution is -0.378. The predicted octanol–water partition coefficient (Wildman–Crippen LogP) is 6.90. The Morgan fingerprint density at radius 2 is 1.06 bits per heavy atom. The Morgan fingerprint density at radius 3 is 1.57 bits per heavy atom. The molecule has 1 unspecified atom stereocenters. The van der Waals surface area contributed by atoms with E-state index in [9.17, 15) is 15.0 Å². The largest absolute Gasteiger partial charge is 0.478 e. The van der Waals surface area contributed by atoms with E-state index in [-0.39, 0.29) is 37.6 Å². The van der Waals surface area contributed by atoms with E-state index in [0.717, 1.165) is 22.3 Å². The number of ether oxygens (including phenoxy) is 5. The summed E-state index contributed by atoms with van der Waals surface area (Å²) in [4.78, 5) is 12.1. The van der Waals surface area contributed by atoms with Crippen LogP contribution in [0.25, 0.3) is 0 Å². The van der Waals surface area contributed by atoms with E-state index >= 15 is 0 Å².